The maximum Gasteiger partial charge on any atom is 0.191 e. The summed E-state index contributed by atoms with van der Waals surface area (Å²) in [6.07, 6.45) is 4.04. The summed E-state index contributed by atoms with van der Waals surface area (Å²) in [6.45, 7) is 5.41. The van der Waals surface area contributed by atoms with Gasteiger partial charge >= 0.3 is 0 Å². The lowest BCUT2D eigenvalue weighted by Gasteiger charge is -2.37. The lowest BCUT2D eigenvalue weighted by molar-refractivity contribution is -0.0855. The Labute approximate surface area is 196 Å². The van der Waals surface area contributed by atoms with E-state index in [2.05, 4.69) is 32.7 Å². The third kappa shape index (κ3) is 7.54. The first kappa shape index (κ1) is 24.7. The normalized spacial score (nSPS) is 20.7. The Morgan fingerprint density at radius 1 is 1.24 bits per heavy atom. The SMILES string of the molecule is CN=C(NCC1(OC)CCOCC1)NC1CCN(Cc2ccc(Cl)cc2)CC1.I. The molecule has 0 aliphatic carbocycles. The third-order valence-corrected chi connectivity index (χ3v) is 6.14. The van der Waals surface area contributed by atoms with E-state index in [0.29, 0.717) is 6.04 Å². The number of benzene rings is 1. The highest BCUT2D eigenvalue weighted by Gasteiger charge is 2.32. The van der Waals surface area contributed by atoms with E-state index < -0.39 is 0 Å². The van der Waals surface area contributed by atoms with Gasteiger partial charge in [0.2, 0.25) is 0 Å². The van der Waals surface area contributed by atoms with E-state index in [4.69, 9.17) is 21.1 Å². The molecule has 29 heavy (non-hydrogen) atoms. The zero-order valence-electron chi connectivity index (χ0n) is 17.5. The molecule has 6 nitrogen and oxygen atoms in total. The molecule has 0 unspecified atom stereocenters. The minimum atomic E-state index is -0.155. The van der Waals surface area contributed by atoms with Crippen LogP contribution >= 0.6 is 35.6 Å². The molecule has 1 aromatic rings. The quantitative estimate of drug-likeness (QED) is 0.332. The van der Waals surface area contributed by atoms with Gasteiger partial charge < -0.3 is 20.1 Å². The van der Waals surface area contributed by atoms with Gasteiger partial charge in [0.05, 0.1) is 5.60 Å². The van der Waals surface area contributed by atoms with Crippen LogP contribution in [0.2, 0.25) is 5.02 Å². The lowest BCUT2D eigenvalue weighted by Crippen LogP contribution is -2.53. The molecule has 2 aliphatic rings. The number of guanidine groups is 1. The van der Waals surface area contributed by atoms with Crippen molar-refractivity contribution in [3.63, 3.8) is 0 Å². The molecule has 2 aliphatic heterocycles. The van der Waals surface area contributed by atoms with Crippen molar-refractivity contribution in [3.8, 4) is 0 Å². The van der Waals surface area contributed by atoms with Gasteiger partial charge in [-0.15, -0.1) is 24.0 Å². The summed E-state index contributed by atoms with van der Waals surface area (Å²) in [5.74, 6) is 0.860. The Balaban J connectivity index is 0.00000300. The van der Waals surface area contributed by atoms with E-state index in [-0.39, 0.29) is 29.6 Å². The number of nitrogens with zero attached hydrogens (tertiary/aromatic N) is 2. The molecular weight excluding hydrogens is 503 g/mol. The second-order valence-electron chi connectivity index (χ2n) is 7.75. The highest BCUT2D eigenvalue weighted by atomic mass is 127. The van der Waals surface area contributed by atoms with Gasteiger partial charge in [-0.1, -0.05) is 23.7 Å². The van der Waals surface area contributed by atoms with E-state index in [1.54, 1.807) is 7.11 Å². The van der Waals surface area contributed by atoms with Crippen LogP contribution in [0.5, 0.6) is 0 Å². The summed E-state index contributed by atoms with van der Waals surface area (Å²) >= 11 is 5.98. The van der Waals surface area contributed by atoms with Crippen molar-refractivity contribution in [3.05, 3.63) is 34.9 Å². The predicted molar refractivity (Wildman–Crippen MR) is 129 cm³/mol. The zero-order chi connectivity index (χ0) is 19.8. The minimum Gasteiger partial charge on any atom is -0.381 e. The molecule has 2 saturated heterocycles. The summed E-state index contributed by atoms with van der Waals surface area (Å²) in [5, 5.41) is 7.85. The number of methoxy groups -OCH3 is 1. The second kappa shape index (κ2) is 12.3. The van der Waals surface area contributed by atoms with Crippen LogP contribution in [0.4, 0.5) is 0 Å². The molecule has 0 bridgehead atoms. The molecule has 2 N–H and O–H groups in total. The van der Waals surface area contributed by atoms with Crippen LogP contribution in [0.15, 0.2) is 29.3 Å². The van der Waals surface area contributed by atoms with E-state index in [0.717, 1.165) is 76.1 Å². The number of aliphatic imine (C=N–C) groups is 1. The molecule has 2 heterocycles. The number of nitrogens with one attached hydrogen (secondary N) is 2. The van der Waals surface area contributed by atoms with Gasteiger partial charge in [-0.2, -0.15) is 0 Å². The Morgan fingerprint density at radius 2 is 1.90 bits per heavy atom. The molecule has 0 saturated carbocycles. The van der Waals surface area contributed by atoms with Crippen LogP contribution in [0, 0.1) is 0 Å². The van der Waals surface area contributed by atoms with Crippen molar-refractivity contribution in [2.45, 2.75) is 43.9 Å². The van der Waals surface area contributed by atoms with Crippen molar-refractivity contribution in [1.82, 2.24) is 15.5 Å². The maximum absolute atomic E-state index is 5.98. The number of hydrogen-bond donors (Lipinski definition) is 2. The minimum absolute atomic E-state index is 0. The summed E-state index contributed by atoms with van der Waals surface area (Å²) < 4.78 is 11.3. The number of halogens is 2. The first-order chi connectivity index (χ1) is 13.6. The van der Waals surface area contributed by atoms with Crippen molar-refractivity contribution in [2.24, 2.45) is 4.99 Å². The molecule has 8 heteroatoms. The van der Waals surface area contributed by atoms with E-state index in [1.807, 2.05) is 19.2 Å². The van der Waals surface area contributed by atoms with Gasteiger partial charge in [0.1, 0.15) is 0 Å². The summed E-state index contributed by atoms with van der Waals surface area (Å²) in [7, 11) is 3.62. The standard InChI is InChI=1S/C21H33ClN4O2.HI/c1-23-20(24-16-21(27-2)9-13-28-14-10-21)25-19-7-11-26(12-8-19)15-17-3-5-18(22)6-4-17;/h3-6,19H,7-16H2,1-2H3,(H2,23,24,25);1H. The van der Waals surface area contributed by atoms with Gasteiger partial charge in [-0.05, 0) is 30.5 Å². The molecule has 164 valence electrons. The molecule has 0 aromatic heterocycles. The summed E-state index contributed by atoms with van der Waals surface area (Å²) in [6, 6.07) is 8.60. The smallest absolute Gasteiger partial charge is 0.191 e. The molecule has 3 rings (SSSR count). The van der Waals surface area contributed by atoms with Crippen molar-refractivity contribution >= 4 is 41.5 Å². The fourth-order valence-electron chi connectivity index (χ4n) is 3.91. The Kier molecular flexibility index (Phi) is 10.5. The molecule has 0 amide bonds. The first-order valence-electron chi connectivity index (χ1n) is 10.2. The predicted octanol–water partition coefficient (Wildman–Crippen LogP) is 3.28. The molecule has 0 spiro atoms. The summed E-state index contributed by atoms with van der Waals surface area (Å²) in [5.41, 5.74) is 1.16. The van der Waals surface area contributed by atoms with Gasteiger partial charge in [-0.3, -0.25) is 9.89 Å². The molecule has 1 aromatic carbocycles. The third-order valence-electron chi connectivity index (χ3n) is 5.89. The Bertz CT molecular complexity index is 630. The Morgan fingerprint density at radius 3 is 2.48 bits per heavy atom. The number of rotatable bonds is 6. The van der Waals surface area contributed by atoms with Crippen LogP contribution in [0.3, 0.4) is 0 Å². The van der Waals surface area contributed by atoms with Crippen LogP contribution in [-0.2, 0) is 16.0 Å². The van der Waals surface area contributed by atoms with Gasteiger partial charge in [0.25, 0.3) is 0 Å². The van der Waals surface area contributed by atoms with E-state index >= 15 is 0 Å². The van der Waals surface area contributed by atoms with E-state index in [1.165, 1.54) is 5.56 Å². The largest absolute Gasteiger partial charge is 0.381 e. The monoisotopic (exact) mass is 536 g/mol. The second-order valence-corrected chi connectivity index (χ2v) is 8.18. The highest BCUT2D eigenvalue weighted by molar-refractivity contribution is 14.0. The van der Waals surface area contributed by atoms with Gasteiger partial charge in [-0.25, -0.2) is 0 Å². The highest BCUT2D eigenvalue weighted by Crippen LogP contribution is 2.23. The van der Waals surface area contributed by atoms with Crippen molar-refractivity contribution in [1.29, 1.82) is 0 Å². The molecule has 0 atom stereocenters. The van der Waals surface area contributed by atoms with Gasteiger partial charge in [0, 0.05) is 77.5 Å². The lowest BCUT2D eigenvalue weighted by atomic mass is 9.94. The average molecular weight is 537 g/mol. The number of likely N-dealkylation sites (tertiary alicyclic amines) is 1. The molecule has 2 fully saturated rings. The number of ether oxygens (including phenoxy) is 2. The Hall–Kier alpha value is -0.610. The van der Waals surface area contributed by atoms with Crippen LogP contribution in [-0.4, -0.2) is 69.5 Å². The number of hydrogen-bond acceptors (Lipinski definition) is 4. The van der Waals surface area contributed by atoms with Crippen molar-refractivity contribution < 1.29 is 9.47 Å². The van der Waals surface area contributed by atoms with Crippen LogP contribution in [0.25, 0.3) is 0 Å². The maximum atomic E-state index is 5.98. The van der Waals surface area contributed by atoms with Crippen LogP contribution < -0.4 is 10.6 Å². The first-order valence-corrected chi connectivity index (χ1v) is 10.6. The van der Waals surface area contributed by atoms with Crippen LogP contribution in [0.1, 0.15) is 31.2 Å². The van der Waals surface area contributed by atoms with E-state index in [9.17, 15) is 0 Å². The van der Waals surface area contributed by atoms with Gasteiger partial charge in [0.15, 0.2) is 5.96 Å². The summed E-state index contributed by atoms with van der Waals surface area (Å²) in [4.78, 5) is 6.91. The topological polar surface area (TPSA) is 58.1 Å². The van der Waals surface area contributed by atoms with Crippen molar-refractivity contribution in [2.75, 3.05) is 47.0 Å². The zero-order valence-corrected chi connectivity index (χ0v) is 20.5. The number of piperidine rings is 1. The molecule has 0 radical (unpaired) electrons. The molecular formula is C21H34ClIN4O2. The fraction of sp³-hybridized carbons (Fsp3) is 0.667. The average Bonchev–Trinajstić information content (AvgIpc) is 2.74. The fourth-order valence-corrected chi connectivity index (χ4v) is 4.04.